The third kappa shape index (κ3) is 1.93. The van der Waals surface area contributed by atoms with Gasteiger partial charge >= 0.3 is 0 Å². The van der Waals surface area contributed by atoms with E-state index in [2.05, 4.69) is 11.6 Å². The van der Waals surface area contributed by atoms with Crippen molar-refractivity contribution in [1.82, 2.24) is 0 Å². The fourth-order valence-corrected chi connectivity index (χ4v) is 0.546. The van der Waals surface area contributed by atoms with Crippen molar-refractivity contribution in [2.45, 2.75) is 6.92 Å². The second kappa shape index (κ2) is 3.71. The summed E-state index contributed by atoms with van der Waals surface area (Å²) in [4.78, 5) is 3.83. The van der Waals surface area contributed by atoms with Crippen molar-refractivity contribution in [3.63, 3.8) is 0 Å². The first-order valence-electron chi connectivity index (χ1n) is 2.87. The molecule has 0 saturated carbocycles. The highest BCUT2D eigenvalue weighted by molar-refractivity contribution is 6.01. The van der Waals surface area contributed by atoms with Crippen molar-refractivity contribution in [2.24, 2.45) is 10.7 Å². The van der Waals surface area contributed by atoms with Crippen molar-refractivity contribution in [1.29, 1.82) is 0 Å². The van der Waals surface area contributed by atoms with Gasteiger partial charge in [0.1, 0.15) is 5.76 Å². The molecule has 0 aromatic rings. The van der Waals surface area contributed by atoms with Crippen LogP contribution in [0.2, 0.25) is 0 Å². The Hall–Kier alpha value is -1.25. The quantitative estimate of drug-likeness (QED) is 0.341. The van der Waals surface area contributed by atoms with E-state index in [0.717, 1.165) is 0 Å². The molecular formula is C7H12N2O. The molecule has 0 aromatic carbocycles. The van der Waals surface area contributed by atoms with Crippen LogP contribution in [0.15, 0.2) is 29.1 Å². The second-order valence-corrected chi connectivity index (χ2v) is 1.84. The van der Waals surface area contributed by atoms with Crippen LogP contribution in [-0.4, -0.2) is 17.9 Å². The van der Waals surface area contributed by atoms with Crippen LogP contribution in [0, 0.1) is 0 Å². The smallest absolute Gasteiger partial charge is 0.118 e. The Morgan fingerprint density at radius 2 is 2.20 bits per heavy atom. The Morgan fingerprint density at radius 1 is 1.70 bits per heavy atom. The number of aliphatic imine (C=N–C) groups is 1. The molecule has 3 nitrogen and oxygen atoms in total. The Balaban J connectivity index is 4.56. The summed E-state index contributed by atoms with van der Waals surface area (Å²) in [6.07, 6.45) is 1.28. The van der Waals surface area contributed by atoms with Gasteiger partial charge in [-0.3, -0.25) is 4.99 Å². The first-order chi connectivity index (χ1) is 4.63. The van der Waals surface area contributed by atoms with Crippen LogP contribution in [0.4, 0.5) is 0 Å². The lowest BCUT2D eigenvalue weighted by molar-refractivity contribution is 0.430. The molecule has 0 atom stereocenters. The average molecular weight is 140 g/mol. The van der Waals surface area contributed by atoms with Gasteiger partial charge in [0.2, 0.25) is 0 Å². The zero-order chi connectivity index (χ0) is 8.15. The number of aliphatic hydroxyl groups is 1. The fourth-order valence-electron chi connectivity index (χ4n) is 0.546. The molecule has 0 aliphatic carbocycles. The SMILES string of the molecule is C=C(O)C(=CN)C(C)=NC. The molecule has 0 unspecified atom stereocenters. The average Bonchev–Trinajstić information content (AvgIpc) is 1.88. The molecule has 3 heteroatoms. The van der Waals surface area contributed by atoms with Crippen LogP contribution in [0.1, 0.15) is 6.92 Å². The summed E-state index contributed by atoms with van der Waals surface area (Å²) in [6, 6.07) is 0. The zero-order valence-electron chi connectivity index (χ0n) is 6.26. The fraction of sp³-hybridized carbons (Fsp3) is 0.286. The Morgan fingerprint density at radius 3 is 2.30 bits per heavy atom. The first-order valence-corrected chi connectivity index (χ1v) is 2.87. The molecule has 0 radical (unpaired) electrons. The lowest BCUT2D eigenvalue weighted by Gasteiger charge is -2.01. The van der Waals surface area contributed by atoms with E-state index in [1.807, 2.05) is 0 Å². The molecule has 0 bridgehead atoms. The van der Waals surface area contributed by atoms with Crippen LogP contribution in [0.3, 0.4) is 0 Å². The molecular weight excluding hydrogens is 128 g/mol. The predicted octanol–water partition coefficient (Wildman–Crippen LogP) is 0.991. The van der Waals surface area contributed by atoms with Gasteiger partial charge in [0.25, 0.3) is 0 Å². The Kier molecular flexibility index (Phi) is 3.25. The highest BCUT2D eigenvalue weighted by atomic mass is 16.3. The van der Waals surface area contributed by atoms with Crippen LogP contribution in [0.5, 0.6) is 0 Å². The summed E-state index contributed by atoms with van der Waals surface area (Å²) < 4.78 is 0. The number of rotatable bonds is 2. The number of hydrogen-bond acceptors (Lipinski definition) is 3. The van der Waals surface area contributed by atoms with E-state index in [1.165, 1.54) is 6.20 Å². The molecule has 10 heavy (non-hydrogen) atoms. The molecule has 0 heterocycles. The predicted molar refractivity (Wildman–Crippen MR) is 43.1 cm³/mol. The van der Waals surface area contributed by atoms with Crippen molar-refractivity contribution < 1.29 is 5.11 Å². The number of allylic oxidation sites excluding steroid dienone is 1. The minimum Gasteiger partial charge on any atom is -0.508 e. The molecule has 0 aliphatic heterocycles. The summed E-state index contributed by atoms with van der Waals surface area (Å²) in [6.45, 7) is 5.07. The topological polar surface area (TPSA) is 58.6 Å². The number of nitrogens with two attached hydrogens (primary N) is 1. The van der Waals surface area contributed by atoms with E-state index in [1.54, 1.807) is 14.0 Å². The molecule has 0 aromatic heterocycles. The number of nitrogens with zero attached hydrogens (tertiary/aromatic N) is 1. The maximum Gasteiger partial charge on any atom is 0.118 e. The van der Waals surface area contributed by atoms with Gasteiger partial charge in [-0.05, 0) is 6.92 Å². The lowest BCUT2D eigenvalue weighted by atomic mass is 10.1. The van der Waals surface area contributed by atoms with E-state index < -0.39 is 0 Å². The monoisotopic (exact) mass is 140 g/mol. The summed E-state index contributed by atoms with van der Waals surface area (Å²) in [5.74, 6) is -0.0504. The Labute approximate surface area is 60.6 Å². The van der Waals surface area contributed by atoms with Gasteiger partial charge in [-0.2, -0.15) is 0 Å². The van der Waals surface area contributed by atoms with Crippen molar-refractivity contribution >= 4 is 5.71 Å². The molecule has 56 valence electrons. The van der Waals surface area contributed by atoms with Gasteiger partial charge < -0.3 is 10.8 Å². The summed E-state index contributed by atoms with van der Waals surface area (Å²) in [5, 5.41) is 8.89. The molecule has 0 aliphatic rings. The lowest BCUT2D eigenvalue weighted by Crippen LogP contribution is -2.02. The highest BCUT2D eigenvalue weighted by Crippen LogP contribution is 2.03. The zero-order valence-corrected chi connectivity index (χ0v) is 6.26. The number of aliphatic hydroxyl groups excluding tert-OH is 1. The van der Waals surface area contributed by atoms with E-state index in [0.29, 0.717) is 11.3 Å². The molecule has 0 rings (SSSR count). The van der Waals surface area contributed by atoms with Gasteiger partial charge in [0.15, 0.2) is 0 Å². The second-order valence-electron chi connectivity index (χ2n) is 1.84. The van der Waals surface area contributed by atoms with Gasteiger partial charge in [0, 0.05) is 19.0 Å². The van der Waals surface area contributed by atoms with E-state index in [9.17, 15) is 0 Å². The maximum absolute atomic E-state index is 8.89. The molecule has 0 amide bonds. The third-order valence-electron chi connectivity index (χ3n) is 1.20. The van der Waals surface area contributed by atoms with Crippen LogP contribution < -0.4 is 5.73 Å². The maximum atomic E-state index is 8.89. The van der Waals surface area contributed by atoms with Crippen molar-refractivity contribution in [2.75, 3.05) is 7.05 Å². The van der Waals surface area contributed by atoms with Crippen LogP contribution in [0.25, 0.3) is 0 Å². The minimum absolute atomic E-state index is 0.0504. The summed E-state index contributed by atoms with van der Waals surface area (Å²) >= 11 is 0. The molecule has 0 saturated heterocycles. The summed E-state index contributed by atoms with van der Waals surface area (Å²) in [5.41, 5.74) is 6.35. The molecule has 3 N–H and O–H groups in total. The molecule has 0 spiro atoms. The van der Waals surface area contributed by atoms with Gasteiger partial charge in [-0.1, -0.05) is 6.58 Å². The van der Waals surface area contributed by atoms with Crippen molar-refractivity contribution in [3.05, 3.63) is 24.1 Å². The third-order valence-corrected chi connectivity index (χ3v) is 1.20. The van der Waals surface area contributed by atoms with Gasteiger partial charge in [-0.15, -0.1) is 0 Å². The van der Waals surface area contributed by atoms with E-state index in [4.69, 9.17) is 10.8 Å². The van der Waals surface area contributed by atoms with E-state index in [-0.39, 0.29) is 5.76 Å². The highest BCUT2D eigenvalue weighted by Gasteiger charge is 2.01. The normalized spacial score (nSPS) is 13.4. The Bertz CT molecular complexity index is 192. The van der Waals surface area contributed by atoms with Crippen molar-refractivity contribution in [3.8, 4) is 0 Å². The van der Waals surface area contributed by atoms with Crippen LogP contribution >= 0.6 is 0 Å². The van der Waals surface area contributed by atoms with Gasteiger partial charge in [-0.25, -0.2) is 0 Å². The summed E-state index contributed by atoms with van der Waals surface area (Å²) in [7, 11) is 1.63. The first kappa shape index (κ1) is 8.75. The van der Waals surface area contributed by atoms with Gasteiger partial charge in [0.05, 0.1) is 5.57 Å². The van der Waals surface area contributed by atoms with Crippen LogP contribution in [-0.2, 0) is 0 Å². The number of hydrogen-bond donors (Lipinski definition) is 2. The molecule has 0 fully saturated rings. The standard InChI is InChI=1S/C7H12N2O/c1-5(9-3)7(4-8)6(2)10/h4,10H,2,8H2,1,3H3. The van der Waals surface area contributed by atoms with E-state index >= 15 is 0 Å². The minimum atomic E-state index is -0.0504. The largest absolute Gasteiger partial charge is 0.508 e.